The summed E-state index contributed by atoms with van der Waals surface area (Å²) in [5, 5.41) is 0. The number of ether oxygens (including phenoxy) is 6. The molecule has 1 heterocycles. The van der Waals surface area contributed by atoms with E-state index in [4.69, 9.17) is 28.4 Å². The van der Waals surface area contributed by atoms with Gasteiger partial charge in [0.2, 0.25) is 0 Å². The van der Waals surface area contributed by atoms with Crippen LogP contribution in [0.4, 0.5) is 4.79 Å². The van der Waals surface area contributed by atoms with Gasteiger partial charge >= 0.3 is 12.1 Å². The summed E-state index contributed by atoms with van der Waals surface area (Å²) in [5.41, 5.74) is -0.471. The van der Waals surface area contributed by atoms with E-state index in [1.165, 1.54) is 0 Å². The highest BCUT2D eigenvalue weighted by Crippen LogP contribution is 2.17. The molecule has 170 valence electrons. The van der Waals surface area contributed by atoms with Gasteiger partial charge in [-0.15, -0.1) is 0 Å². The fourth-order valence-corrected chi connectivity index (χ4v) is 2.60. The first-order valence-electron chi connectivity index (χ1n) is 10.3. The van der Waals surface area contributed by atoms with Gasteiger partial charge in [-0.25, -0.2) is 9.59 Å². The molecular formula is C20H37NO8. The molecular weight excluding hydrogens is 382 g/mol. The molecule has 9 nitrogen and oxygen atoms in total. The maximum Gasteiger partial charge on any atom is 0.410 e. The molecule has 0 aromatic carbocycles. The maximum atomic E-state index is 12.0. The van der Waals surface area contributed by atoms with E-state index < -0.39 is 5.60 Å². The van der Waals surface area contributed by atoms with E-state index in [9.17, 15) is 9.59 Å². The number of amides is 1. The molecule has 0 radical (unpaired) electrons. The van der Waals surface area contributed by atoms with Gasteiger partial charge in [-0.05, 0) is 40.5 Å². The zero-order valence-corrected chi connectivity index (χ0v) is 18.3. The van der Waals surface area contributed by atoms with Crippen molar-refractivity contribution >= 4 is 12.1 Å². The Balaban J connectivity index is 1.90. The minimum atomic E-state index is -0.471. The Morgan fingerprint density at radius 3 is 2.00 bits per heavy atom. The number of rotatable bonds is 13. The molecule has 0 aromatic heterocycles. The first-order chi connectivity index (χ1) is 13.8. The monoisotopic (exact) mass is 419 g/mol. The first kappa shape index (κ1) is 25.6. The lowest BCUT2D eigenvalue weighted by atomic mass is 10.1. The molecule has 0 bridgehead atoms. The Bertz CT molecular complexity index is 458. The average Bonchev–Trinajstić information content (AvgIpc) is 2.65. The summed E-state index contributed by atoms with van der Waals surface area (Å²) < 4.78 is 31.9. The Hall–Kier alpha value is -1.42. The Morgan fingerprint density at radius 2 is 1.45 bits per heavy atom. The summed E-state index contributed by atoms with van der Waals surface area (Å²) in [7, 11) is 0. The van der Waals surface area contributed by atoms with Crippen LogP contribution in [-0.4, -0.2) is 94.6 Å². The van der Waals surface area contributed by atoms with Gasteiger partial charge in [0.25, 0.3) is 0 Å². The van der Waals surface area contributed by atoms with E-state index in [0.29, 0.717) is 59.3 Å². The molecule has 1 fully saturated rings. The molecule has 0 aliphatic carbocycles. The second-order valence-corrected chi connectivity index (χ2v) is 7.62. The molecule has 1 aliphatic rings. The van der Waals surface area contributed by atoms with E-state index >= 15 is 0 Å². The average molecular weight is 420 g/mol. The van der Waals surface area contributed by atoms with Gasteiger partial charge in [-0.1, -0.05) is 0 Å². The van der Waals surface area contributed by atoms with E-state index in [2.05, 4.69) is 0 Å². The lowest BCUT2D eigenvalue weighted by Gasteiger charge is -2.33. The third-order valence-electron chi connectivity index (χ3n) is 3.94. The Labute approximate surface area is 173 Å². The molecule has 0 unspecified atom stereocenters. The molecule has 0 saturated carbocycles. The minimum Gasteiger partial charge on any atom is -0.464 e. The third kappa shape index (κ3) is 13.4. The highest BCUT2D eigenvalue weighted by Gasteiger charge is 2.27. The van der Waals surface area contributed by atoms with E-state index in [1.807, 2.05) is 20.8 Å². The van der Waals surface area contributed by atoms with Gasteiger partial charge in [-0.3, -0.25) is 0 Å². The van der Waals surface area contributed by atoms with Crippen LogP contribution in [0.15, 0.2) is 0 Å². The number of hydrogen-bond donors (Lipinski definition) is 0. The summed E-state index contributed by atoms with van der Waals surface area (Å²) in [6.07, 6.45) is 1.48. The molecule has 1 rings (SSSR count). The number of hydrogen-bond acceptors (Lipinski definition) is 8. The number of carbonyl (C=O) groups is 2. The normalized spacial score (nSPS) is 15.4. The van der Waals surface area contributed by atoms with Gasteiger partial charge in [0.15, 0.2) is 0 Å². The number of piperidine rings is 1. The quantitative estimate of drug-likeness (QED) is 0.331. The van der Waals surface area contributed by atoms with Crippen LogP contribution in [0.3, 0.4) is 0 Å². The largest absolute Gasteiger partial charge is 0.464 e. The van der Waals surface area contributed by atoms with E-state index in [1.54, 1.807) is 11.8 Å². The third-order valence-corrected chi connectivity index (χ3v) is 3.94. The van der Waals surface area contributed by atoms with Crippen molar-refractivity contribution in [1.82, 2.24) is 4.90 Å². The topological polar surface area (TPSA) is 92.8 Å². The standard InChI is InChI=1S/C20H37NO8/c1-5-27-18(22)16-26-13-12-24-10-11-25-14-15-28-17-6-8-21(9-7-17)19(23)29-20(2,3)4/h17H,5-16H2,1-4H3. The Kier molecular flexibility index (Phi) is 12.8. The van der Waals surface area contributed by atoms with E-state index in [-0.39, 0.29) is 24.8 Å². The van der Waals surface area contributed by atoms with Gasteiger partial charge in [0, 0.05) is 13.1 Å². The SMILES string of the molecule is CCOC(=O)COCCOCCOCCOC1CCN(C(=O)OC(C)(C)C)CC1. The van der Waals surface area contributed by atoms with Crippen LogP contribution in [0.25, 0.3) is 0 Å². The van der Waals surface area contributed by atoms with E-state index in [0.717, 1.165) is 12.8 Å². The summed E-state index contributed by atoms with van der Waals surface area (Å²) in [5.74, 6) is -0.369. The van der Waals surface area contributed by atoms with Crippen LogP contribution < -0.4 is 0 Å². The van der Waals surface area contributed by atoms with Crippen LogP contribution in [-0.2, 0) is 33.2 Å². The van der Waals surface area contributed by atoms with Gasteiger partial charge < -0.3 is 33.3 Å². The van der Waals surface area contributed by atoms with Crippen LogP contribution >= 0.6 is 0 Å². The first-order valence-corrected chi connectivity index (χ1v) is 10.3. The zero-order chi connectivity index (χ0) is 21.5. The van der Waals surface area contributed by atoms with Crippen molar-refractivity contribution in [1.29, 1.82) is 0 Å². The van der Waals surface area contributed by atoms with Crippen molar-refractivity contribution in [3.8, 4) is 0 Å². The summed E-state index contributed by atoms with van der Waals surface area (Å²) in [4.78, 5) is 24.8. The van der Waals surface area contributed by atoms with Crippen molar-refractivity contribution in [3.05, 3.63) is 0 Å². The van der Waals surface area contributed by atoms with Crippen molar-refractivity contribution in [2.75, 3.05) is 65.9 Å². The van der Waals surface area contributed by atoms with Crippen LogP contribution in [0.5, 0.6) is 0 Å². The summed E-state index contributed by atoms with van der Waals surface area (Å²) in [6.45, 7) is 11.6. The molecule has 9 heteroatoms. The smallest absolute Gasteiger partial charge is 0.410 e. The summed E-state index contributed by atoms with van der Waals surface area (Å²) in [6, 6.07) is 0. The zero-order valence-electron chi connectivity index (χ0n) is 18.3. The van der Waals surface area contributed by atoms with Gasteiger partial charge in [0.1, 0.15) is 12.2 Å². The highest BCUT2D eigenvalue weighted by atomic mass is 16.6. The maximum absolute atomic E-state index is 12.0. The predicted molar refractivity (Wildman–Crippen MR) is 106 cm³/mol. The molecule has 29 heavy (non-hydrogen) atoms. The second kappa shape index (κ2) is 14.5. The fourth-order valence-electron chi connectivity index (χ4n) is 2.60. The summed E-state index contributed by atoms with van der Waals surface area (Å²) >= 11 is 0. The molecule has 0 atom stereocenters. The van der Waals surface area contributed by atoms with Crippen molar-refractivity contribution in [2.24, 2.45) is 0 Å². The van der Waals surface area contributed by atoms with Crippen LogP contribution in [0.1, 0.15) is 40.5 Å². The predicted octanol–water partition coefficient (Wildman–Crippen LogP) is 2.02. The highest BCUT2D eigenvalue weighted by molar-refractivity contribution is 5.70. The lowest BCUT2D eigenvalue weighted by molar-refractivity contribution is -0.149. The molecule has 0 spiro atoms. The second-order valence-electron chi connectivity index (χ2n) is 7.62. The van der Waals surface area contributed by atoms with Crippen LogP contribution in [0.2, 0.25) is 0 Å². The molecule has 1 amide bonds. The molecule has 1 aliphatic heterocycles. The number of esters is 1. The van der Waals surface area contributed by atoms with Crippen molar-refractivity contribution in [3.63, 3.8) is 0 Å². The number of carbonyl (C=O) groups excluding carboxylic acids is 2. The Morgan fingerprint density at radius 1 is 0.897 bits per heavy atom. The van der Waals surface area contributed by atoms with Gasteiger partial charge in [0.05, 0.1) is 52.4 Å². The molecule has 0 N–H and O–H groups in total. The van der Waals surface area contributed by atoms with Gasteiger partial charge in [-0.2, -0.15) is 0 Å². The van der Waals surface area contributed by atoms with Crippen LogP contribution in [0, 0.1) is 0 Å². The lowest BCUT2D eigenvalue weighted by Crippen LogP contribution is -2.43. The minimum absolute atomic E-state index is 0.0538. The molecule has 1 saturated heterocycles. The molecule has 0 aromatic rings. The van der Waals surface area contributed by atoms with Crippen molar-refractivity contribution in [2.45, 2.75) is 52.2 Å². The fraction of sp³-hybridized carbons (Fsp3) is 0.900. The number of likely N-dealkylation sites (tertiary alicyclic amines) is 1. The van der Waals surface area contributed by atoms with Crippen molar-refractivity contribution < 1.29 is 38.0 Å². The number of nitrogens with zero attached hydrogens (tertiary/aromatic N) is 1.